The molecule has 0 bridgehead atoms. The van der Waals surface area contributed by atoms with Crippen LogP contribution in [0, 0.1) is 18.2 Å². The van der Waals surface area contributed by atoms with Gasteiger partial charge in [-0.3, -0.25) is 4.79 Å². The number of anilines is 1. The number of halogens is 1. The molecule has 0 atom stereocenters. The molecule has 0 spiro atoms. The van der Waals surface area contributed by atoms with Crippen LogP contribution in [0.25, 0.3) is 0 Å². The molecule has 1 aromatic carbocycles. The van der Waals surface area contributed by atoms with Crippen molar-refractivity contribution < 1.29 is 19.1 Å². The van der Waals surface area contributed by atoms with Gasteiger partial charge >= 0.3 is 5.97 Å². The van der Waals surface area contributed by atoms with Crippen molar-refractivity contribution in [2.75, 3.05) is 5.32 Å². The van der Waals surface area contributed by atoms with Gasteiger partial charge < -0.3 is 10.4 Å². The van der Waals surface area contributed by atoms with Crippen LogP contribution in [0.1, 0.15) is 16.8 Å². The third-order valence-corrected chi connectivity index (χ3v) is 1.75. The number of hydrogen-bond acceptors (Lipinski definition) is 2. The van der Waals surface area contributed by atoms with E-state index in [4.69, 9.17) is 11.5 Å². The molecule has 5 heteroatoms. The minimum Gasteiger partial charge on any atom is -0.478 e. The first kappa shape index (κ1) is 11.7. The summed E-state index contributed by atoms with van der Waals surface area (Å²) in [6, 6.07) is 3.19. The number of aromatic carboxylic acids is 1. The molecule has 0 saturated carbocycles. The maximum atomic E-state index is 13.3. The summed E-state index contributed by atoms with van der Waals surface area (Å²) in [5.41, 5.74) is -0.280. The molecular formula is C11H8FNO3. The number of carbonyl (C=O) groups is 2. The number of hydrogen-bond donors (Lipinski definition) is 2. The maximum Gasteiger partial charge on any atom is 0.335 e. The van der Waals surface area contributed by atoms with Gasteiger partial charge in [0.25, 0.3) is 0 Å². The highest BCUT2D eigenvalue weighted by Gasteiger charge is 2.09. The van der Waals surface area contributed by atoms with E-state index in [9.17, 15) is 14.0 Å². The summed E-state index contributed by atoms with van der Waals surface area (Å²) < 4.78 is 13.3. The van der Waals surface area contributed by atoms with Crippen LogP contribution in [0.5, 0.6) is 0 Å². The molecule has 0 unspecified atom stereocenters. The van der Waals surface area contributed by atoms with Crippen LogP contribution >= 0.6 is 0 Å². The van der Waals surface area contributed by atoms with E-state index in [2.05, 4.69) is 11.2 Å². The number of amides is 1. The average Bonchev–Trinajstić information content (AvgIpc) is 2.21. The Morgan fingerprint density at radius 3 is 2.69 bits per heavy atom. The minimum atomic E-state index is -1.24. The SMILES string of the molecule is C#CCC(=O)Nc1ccc(C(=O)O)cc1F. The van der Waals surface area contributed by atoms with Gasteiger partial charge in [-0.15, -0.1) is 6.42 Å². The Bertz CT molecular complexity index is 477. The first-order chi connectivity index (χ1) is 7.54. The van der Waals surface area contributed by atoms with Crippen LogP contribution in [-0.2, 0) is 4.79 Å². The number of carboxylic acids is 1. The second-order valence-electron chi connectivity index (χ2n) is 2.93. The van der Waals surface area contributed by atoms with Crippen LogP contribution in [0.3, 0.4) is 0 Å². The highest BCUT2D eigenvalue weighted by Crippen LogP contribution is 2.15. The lowest BCUT2D eigenvalue weighted by atomic mass is 10.2. The Kier molecular flexibility index (Phi) is 3.62. The molecular weight excluding hydrogens is 213 g/mol. The fraction of sp³-hybridized carbons (Fsp3) is 0.0909. The first-order valence-corrected chi connectivity index (χ1v) is 4.30. The average molecular weight is 221 g/mol. The molecule has 4 nitrogen and oxygen atoms in total. The molecule has 1 rings (SSSR count). The number of carboxylic acid groups (broad SMARTS) is 1. The van der Waals surface area contributed by atoms with Gasteiger partial charge in [0.05, 0.1) is 17.7 Å². The van der Waals surface area contributed by atoms with Crippen molar-refractivity contribution in [2.24, 2.45) is 0 Å². The fourth-order valence-electron chi connectivity index (χ4n) is 1.04. The summed E-state index contributed by atoms with van der Waals surface area (Å²) in [5, 5.41) is 10.8. The molecule has 16 heavy (non-hydrogen) atoms. The minimum absolute atomic E-state index is 0.0924. The molecule has 0 aromatic heterocycles. The Hall–Kier alpha value is -2.35. The van der Waals surface area contributed by atoms with Gasteiger partial charge in [0.15, 0.2) is 0 Å². The Labute approximate surface area is 91.1 Å². The number of nitrogens with one attached hydrogen (secondary N) is 1. The zero-order valence-electron chi connectivity index (χ0n) is 8.16. The highest BCUT2D eigenvalue weighted by molar-refractivity contribution is 5.93. The topological polar surface area (TPSA) is 66.4 Å². The monoisotopic (exact) mass is 221 g/mol. The lowest BCUT2D eigenvalue weighted by Crippen LogP contribution is -2.12. The number of terminal acetylenes is 1. The van der Waals surface area contributed by atoms with E-state index in [0.717, 1.165) is 6.07 Å². The summed E-state index contributed by atoms with van der Waals surface area (Å²) in [6.45, 7) is 0. The number of benzene rings is 1. The van der Waals surface area contributed by atoms with Gasteiger partial charge in [-0.25, -0.2) is 9.18 Å². The fourth-order valence-corrected chi connectivity index (χ4v) is 1.04. The molecule has 0 saturated heterocycles. The zero-order chi connectivity index (χ0) is 12.1. The summed E-state index contributed by atoms with van der Waals surface area (Å²) in [4.78, 5) is 21.6. The molecule has 0 fully saturated rings. The molecule has 0 aliphatic carbocycles. The predicted molar refractivity (Wildman–Crippen MR) is 55.4 cm³/mol. The Morgan fingerprint density at radius 2 is 2.19 bits per heavy atom. The van der Waals surface area contributed by atoms with E-state index in [1.165, 1.54) is 12.1 Å². The molecule has 2 N–H and O–H groups in total. The Morgan fingerprint density at radius 1 is 1.50 bits per heavy atom. The van der Waals surface area contributed by atoms with E-state index in [1.54, 1.807) is 0 Å². The third kappa shape index (κ3) is 2.82. The van der Waals surface area contributed by atoms with Crippen LogP contribution in [0.4, 0.5) is 10.1 Å². The van der Waals surface area contributed by atoms with Crippen molar-refractivity contribution in [1.82, 2.24) is 0 Å². The van der Waals surface area contributed by atoms with E-state index in [1.807, 2.05) is 0 Å². The number of rotatable bonds is 3. The van der Waals surface area contributed by atoms with Crippen molar-refractivity contribution in [3.8, 4) is 12.3 Å². The lowest BCUT2D eigenvalue weighted by molar-refractivity contribution is -0.115. The van der Waals surface area contributed by atoms with Crippen LogP contribution in [0.15, 0.2) is 18.2 Å². The van der Waals surface area contributed by atoms with E-state index in [0.29, 0.717) is 0 Å². The van der Waals surface area contributed by atoms with Crippen molar-refractivity contribution >= 4 is 17.6 Å². The van der Waals surface area contributed by atoms with Crippen LogP contribution in [0.2, 0.25) is 0 Å². The molecule has 0 heterocycles. The van der Waals surface area contributed by atoms with E-state index in [-0.39, 0.29) is 17.7 Å². The number of carbonyl (C=O) groups excluding carboxylic acids is 1. The molecule has 0 aliphatic heterocycles. The molecule has 0 aliphatic rings. The molecule has 82 valence electrons. The standard InChI is InChI=1S/C11H8FNO3/c1-2-3-10(14)13-9-5-4-7(11(15)16)6-8(9)12/h1,4-6H,3H2,(H,13,14)(H,15,16). The van der Waals surface area contributed by atoms with Gasteiger partial charge in [0, 0.05) is 0 Å². The first-order valence-electron chi connectivity index (χ1n) is 4.30. The normalized spacial score (nSPS) is 9.25. The smallest absolute Gasteiger partial charge is 0.335 e. The maximum absolute atomic E-state index is 13.3. The second kappa shape index (κ2) is 4.94. The molecule has 1 amide bonds. The van der Waals surface area contributed by atoms with Crippen LogP contribution in [-0.4, -0.2) is 17.0 Å². The van der Waals surface area contributed by atoms with Gasteiger partial charge in [0.2, 0.25) is 5.91 Å². The second-order valence-corrected chi connectivity index (χ2v) is 2.93. The third-order valence-electron chi connectivity index (χ3n) is 1.75. The van der Waals surface area contributed by atoms with Crippen LogP contribution < -0.4 is 5.32 Å². The predicted octanol–water partition coefficient (Wildman–Crippen LogP) is 1.49. The summed E-state index contributed by atoms with van der Waals surface area (Å²) >= 11 is 0. The lowest BCUT2D eigenvalue weighted by Gasteiger charge is -2.05. The van der Waals surface area contributed by atoms with Crippen molar-refractivity contribution in [3.05, 3.63) is 29.6 Å². The van der Waals surface area contributed by atoms with Gasteiger partial charge in [-0.2, -0.15) is 0 Å². The molecule has 1 aromatic rings. The summed E-state index contributed by atoms with van der Waals surface area (Å²) in [5.74, 6) is -0.466. The van der Waals surface area contributed by atoms with Crippen molar-refractivity contribution in [1.29, 1.82) is 0 Å². The summed E-state index contributed by atoms with van der Waals surface area (Å²) in [7, 11) is 0. The quantitative estimate of drug-likeness (QED) is 0.760. The van der Waals surface area contributed by atoms with Crippen molar-refractivity contribution in [3.63, 3.8) is 0 Å². The zero-order valence-corrected chi connectivity index (χ0v) is 8.16. The molecule has 0 radical (unpaired) electrons. The Balaban J connectivity index is 2.88. The van der Waals surface area contributed by atoms with E-state index >= 15 is 0 Å². The van der Waals surface area contributed by atoms with Gasteiger partial charge in [0.1, 0.15) is 5.82 Å². The summed E-state index contributed by atoms with van der Waals surface area (Å²) in [6.07, 6.45) is 4.74. The van der Waals surface area contributed by atoms with Gasteiger partial charge in [-0.05, 0) is 18.2 Å². The van der Waals surface area contributed by atoms with E-state index < -0.39 is 17.7 Å². The van der Waals surface area contributed by atoms with Crippen molar-refractivity contribution in [2.45, 2.75) is 6.42 Å². The van der Waals surface area contributed by atoms with Gasteiger partial charge in [-0.1, -0.05) is 5.92 Å². The highest BCUT2D eigenvalue weighted by atomic mass is 19.1. The largest absolute Gasteiger partial charge is 0.478 e.